The van der Waals surface area contributed by atoms with Crippen LogP contribution < -0.4 is 0 Å². The van der Waals surface area contributed by atoms with Gasteiger partial charge in [0.05, 0.1) is 0 Å². The minimum absolute atomic E-state index is 0.373. The van der Waals surface area contributed by atoms with E-state index in [-0.39, 0.29) is 0 Å². The number of hydrogen-bond acceptors (Lipinski definition) is 7. The van der Waals surface area contributed by atoms with E-state index in [0.29, 0.717) is 6.61 Å². The molecule has 0 bridgehead atoms. The van der Waals surface area contributed by atoms with Gasteiger partial charge in [0.2, 0.25) is 0 Å². The molecular formula is C18H40O7. The van der Waals surface area contributed by atoms with Gasteiger partial charge in [0.15, 0.2) is 0 Å². The molecule has 0 atom stereocenters. The summed E-state index contributed by atoms with van der Waals surface area (Å²) in [7, 11) is 0. The molecule has 25 heavy (non-hydrogen) atoms. The monoisotopic (exact) mass is 368 g/mol. The molecule has 0 aliphatic rings. The zero-order valence-electron chi connectivity index (χ0n) is 15.7. The lowest BCUT2D eigenvalue weighted by Gasteiger charge is -2.23. The summed E-state index contributed by atoms with van der Waals surface area (Å²) in [6.45, 7) is 2.65. The summed E-state index contributed by atoms with van der Waals surface area (Å²) in [6, 6.07) is 0. The zero-order valence-corrected chi connectivity index (χ0v) is 15.7. The highest BCUT2D eigenvalue weighted by atomic mass is 16.8. The maximum absolute atomic E-state index is 8.64. The van der Waals surface area contributed by atoms with Crippen LogP contribution in [-0.4, -0.2) is 54.3 Å². The van der Waals surface area contributed by atoms with Gasteiger partial charge < -0.3 is 35.7 Å². The van der Waals surface area contributed by atoms with Crippen LogP contribution in [0, 0.1) is 0 Å². The molecular weight excluding hydrogens is 328 g/mol. The van der Waals surface area contributed by atoms with Crippen LogP contribution >= 0.6 is 0 Å². The first-order valence-corrected chi connectivity index (χ1v) is 9.61. The molecule has 0 aromatic carbocycles. The third-order valence-electron chi connectivity index (χ3n) is 3.96. The van der Waals surface area contributed by atoms with E-state index in [4.69, 9.17) is 35.7 Å². The van der Waals surface area contributed by atoms with Gasteiger partial charge in [0, 0.05) is 6.61 Å². The Morgan fingerprint density at radius 3 is 0.880 bits per heavy atom. The van der Waals surface area contributed by atoms with Crippen molar-refractivity contribution in [3.05, 3.63) is 0 Å². The van der Waals surface area contributed by atoms with Crippen LogP contribution in [0.4, 0.5) is 0 Å². The molecule has 7 heteroatoms. The molecule has 0 rings (SSSR count). The van der Waals surface area contributed by atoms with Crippen molar-refractivity contribution in [3.63, 3.8) is 0 Å². The number of hydrogen-bond donors (Lipinski definition) is 7. The van der Waals surface area contributed by atoms with Gasteiger partial charge in [-0.25, -0.2) is 0 Å². The highest BCUT2D eigenvalue weighted by Crippen LogP contribution is 2.12. The second-order valence-corrected chi connectivity index (χ2v) is 6.59. The Morgan fingerprint density at radius 2 is 0.680 bits per heavy atom. The van der Waals surface area contributed by atoms with Crippen LogP contribution in [0.5, 0.6) is 0 Å². The maximum Gasteiger partial charge on any atom is 0.362 e. The molecule has 0 heterocycles. The first-order valence-electron chi connectivity index (χ1n) is 9.61. The second-order valence-electron chi connectivity index (χ2n) is 6.59. The normalized spacial score (nSPS) is 12.0. The Kier molecular flexibility index (Phi) is 18.5. The summed E-state index contributed by atoms with van der Waals surface area (Å²) in [4.78, 5) is 0. The molecule has 0 radical (unpaired) electrons. The zero-order chi connectivity index (χ0) is 19.6. The van der Waals surface area contributed by atoms with Gasteiger partial charge in [-0.2, -0.15) is 0 Å². The highest BCUT2D eigenvalue weighted by Gasteiger charge is 2.44. The molecule has 0 fully saturated rings. The largest absolute Gasteiger partial charge is 0.396 e. The fourth-order valence-corrected chi connectivity index (χ4v) is 2.31. The van der Waals surface area contributed by atoms with E-state index in [0.717, 1.165) is 6.42 Å². The molecule has 7 N–H and O–H groups in total. The van der Waals surface area contributed by atoms with E-state index in [9.17, 15) is 0 Å². The van der Waals surface area contributed by atoms with Gasteiger partial charge in [0.25, 0.3) is 0 Å². The van der Waals surface area contributed by atoms with Crippen LogP contribution in [0.25, 0.3) is 0 Å². The smallest absolute Gasteiger partial charge is 0.362 e. The first-order chi connectivity index (χ1) is 11.7. The molecule has 0 saturated carbocycles. The van der Waals surface area contributed by atoms with Gasteiger partial charge in [-0.05, 0) is 6.42 Å². The molecule has 0 amide bonds. The summed E-state index contributed by atoms with van der Waals surface area (Å²) >= 11 is 0. The fourth-order valence-electron chi connectivity index (χ4n) is 2.31. The Hall–Kier alpha value is -0.280. The predicted molar refractivity (Wildman–Crippen MR) is 96.2 cm³/mol. The van der Waals surface area contributed by atoms with E-state index in [1.165, 1.54) is 83.5 Å². The fraction of sp³-hybridized carbons (Fsp3) is 1.00. The van der Waals surface area contributed by atoms with Crippen molar-refractivity contribution in [1.29, 1.82) is 0 Å². The third-order valence-corrected chi connectivity index (χ3v) is 3.96. The van der Waals surface area contributed by atoms with Crippen LogP contribution in [0.15, 0.2) is 0 Å². The van der Waals surface area contributed by atoms with Gasteiger partial charge >= 0.3 is 11.9 Å². The van der Waals surface area contributed by atoms with Gasteiger partial charge in [-0.1, -0.05) is 90.4 Å². The van der Waals surface area contributed by atoms with Gasteiger partial charge in [-0.15, -0.1) is 0 Å². The van der Waals surface area contributed by atoms with Crippen molar-refractivity contribution in [1.82, 2.24) is 0 Å². The lowest BCUT2D eigenvalue weighted by molar-refractivity contribution is -0.512. The van der Waals surface area contributed by atoms with Crippen LogP contribution in [0.1, 0.15) is 96.8 Å². The summed E-state index contributed by atoms with van der Waals surface area (Å²) < 4.78 is 0. The first kappa shape index (κ1) is 26.9. The Morgan fingerprint density at radius 1 is 0.440 bits per heavy atom. The van der Waals surface area contributed by atoms with Gasteiger partial charge in [0.1, 0.15) is 0 Å². The molecule has 0 aliphatic heterocycles. The van der Waals surface area contributed by atoms with Crippen LogP contribution in [0.3, 0.4) is 0 Å². The molecule has 0 unspecified atom stereocenters. The van der Waals surface area contributed by atoms with Crippen molar-refractivity contribution in [2.45, 2.75) is 109 Å². The molecule has 0 spiro atoms. The van der Waals surface area contributed by atoms with E-state index >= 15 is 0 Å². The molecule has 0 aromatic rings. The van der Waals surface area contributed by atoms with Crippen LogP contribution in [-0.2, 0) is 0 Å². The minimum Gasteiger partial charge on any atom is -0.396 e. The number of unbranched alkanes of at least 4 members (excludes halogenated alkanes) is 13. The number of aliphatic hydroxyl groups excluding tert-OH is 1. The number of aliphatic hydroxyl groups is 7. The average Bonchev–Trinajstić information content (AvgIpc) is 2.50. The average molecular weight is 369 g/mol. The van der Waals surface area contributed by atoms with Gasteiger partial charge in [-0.3, -0.25) is 0 Å². The van der Waals surface area contributed by atoms with E-state index in [2.05, 4.69) is 6.92 Å². The van der Waals surface area contributed by atoms with Crippen LogP contribution in [0.2, 0.25) is 0 Å². The van der Waals surface area contributed by atoms with Crippen molar-refractivity contribution < 1.29 is 35.7 Å². The summed E-state index contributed by atoms with van der Waals surface area (Å²) in [5.74, 6) is -7.79. The predicted octanol–water partition coefficient (Wildman–Crippen LogP) is 1.71. The Bertz CT molecular complexity index is 233. The van der Waals surface area contributed by atoms with Crippen molar-refractivity contribution >= 4 is 0 Å². The van der Waals surface area contributed by atoms with E-state index < -0.39 is 11.9 Å². The molecule has 0 aliphatic carbocycles. The Balaban J connectivity index is 0. The van der Waals surface area contributed by atoms with Crippen molar-refractivity contribution in [3.8, 4) is 0 Å². The molecule has 7 nitrogen and oxygen atoms in total. The molecule has 0 saturated heterocycles. The third kappa shape index (κ3) is 21.7. The Labute approximate surface area is 152 Å². The summed E-state index contributed by atoms with van der Waals surface area (Å²) in [5.41, 5.74) is 0. The topological polar surface area (TPSA) is 142 Å². The number of rotatable bonds is 15. The minimum atomic E-state index is -3.90. The maximum atomic E-state index is 8.64. The lowest BCUT2D eigenvalue weighted by Crippen LogP contribution is -2.54. The molecule has 154 valence electrons. The standard InChI is InChI=1S/C16H34O.C2H6O6/c1-2-3-4-5-6-7-8-9-10-11-12-13-14-15-16-17;3-1(4,5)2(6,7)8/h17H,2-16H2,1H3;3-8H. The lowest BCUT2D eigenvalue weighted by atomic mass is 10.0. The SMILES string of the molecule is CCCCCCCCCCCCCCCCO.OC(O)(O)C(O)(O)O. The van der Waals surface area contributed by atoms with Crippen molar-refractivity contribution in [2.24, 2.45) is 0 Å². The summed E-state index contributed by atoms with van der Waals surface area (Å²) in [5, 5.41) is 54.9. The highest BCUT2D eigenvalue weighted by molar-refractivity contribution is 4.54. The van der Waals surface area contributed by atoms with E-state index in [1.54, 1.807) is 0 Å². The summed E-state index contributed by atoms with van der Waals surface area (Å²) in [6.07, 6.45) is 19.2. The van der Waals surface area contributed by atoms with Crippen molar-refractivity contribution in [2.75, 3.05) is 6.61 Å². The molecule has 0 aromatic heterocycles. The second kappa shape index (κ2) is 17.1. The van der Waals surface area contributed by atoms with E-state index in [1.807, 2.05) is 0 Å². The quantitative estimate of drug-likeness (QED) is 0.172.